The summed E-state index contributed by atoms with van der Waals surface area (Å²) in [5, 5.41) is 12.5. The first-order valence-corrected chi connectivity index (χ1v) is 8.63. The van der Waals surface area contributed by atoms with E-state index in [-0.39, 0.29) is 24.5 Å². The number of amides is 1. The van der Waals surface area contributed by atoms with Crippen LogP contribution in [0.5, 0.6) is 0 Å². The summed E-state index contributed by atoms with van der Waals surface area (Å²) in [5.41, 5.74) is 1.89. The Bertz CT molecular complexity index is 450. The van der Waals surface area contributed by atoms with Gasteiger partial charge >= 0.3 is 0 Å². The Morgan fingerprint density at radius 1 is 1.40 bits per heavy atom. The summed E-state index contributed by atoms with van der Waals surface area (Å²) in [7, 11) is 0. The number of carbonyl (C=O) groups excluding carboxylic acids is 1. The molecule has 0 aliphatic heterocycles. The number of rotatable bonds is 5. The van der Waals surface area contributed by atoms with Gasteiger partial charge in [0.2, 0.25) is 0 Å². The Hall–Kier alpha value is -1.00. The van der Waals surface area contributed by atoms with Gasteiger partial charge in [0.15, 0.2) is 0 Å². The minimum Gasteiger partial charge on any atom is -0.396 e. The smallest absolute Gasteiger partial charge is 0.251 e. The molecule has 110 valence electrons. The zero-order valence-corrected chi connectivity index (χ0v) is 12.8. The normalized spacial score (nSPS) is 22.5. The number of hydrogen-bond acceptors (Lipinski definition) is 3. The maximum Gasteiger partial charge on any atom is 0.251 e. The van der Waals surface area contributed by atoms with Crippen molar-refractivity contribution in [3.63, 3.8) is 0 Å². The standard InChI is InChI=1S/C16H23NO2S/c1-20-11-12-5-4-7-13(9-12)16(19)17-15-8-3-2-6-14(15)10-18/h4-5,7,9,14-15,18H,2-3,6,8,10-11H2,1H3,(H,17,19). The number of aliphatic hydroxyl groups excluding tert-OH is 1. The fourth-order valence-electron chi connectivity index (χ4n) is 2.84. The number of carbonyl (C=O) groups is 1. The van der Waals surface area contributed by atoms with E-state index in [1.54, 1.807) is 11.8 Å². The third-order valence-corrected chi connectivity index (χ3v) is 4.58. The highest BCUT2D eigenvalue weighted by atomic mass is 32.2. The third-order valence-electron chi connectivity index (χ3n) is 3.96. The van der Waals surface area contributed by atoms with Crippen LogP contribution in [0, 0.1) is 5.92 Å². The van der Waals surface area contributed by atoms with Crippen LogP contribution in [0.25, 0.3) is 0 Å². The van der Waals surface area contributed by atoms with Crippen LogP contribution in [-0.2, 0) is 5.75 Å². The second-order valence-electron chi connectivity index (χ2n) is 5.44. The second kappa shape index (κ2) is 7.70. The van der Waals surface area contributed by atoms with Crippen molar-refractivity contribution >= 4 is 17.7 Å². The molecule has 2 atom stereocenters. The van der Waals surface area contributed by atoms with Crippen molar-refractivity contribution in [3.05, 3.63) is 35.4 Å². The number of thioether (sulfide) groups is 1. The number of hydrogen-bond donors (Lipinski definition) is 2. The van der Waals surface area contributed by atoms with E-state index in [2.05, 4.69) is 11.6 Å². The number of aliphatic hydroxyl groups is 1. The third kappa shape index (κ3) is 4.00. The largest absolute Gasteiger partial charge is 0.396 e. The summed E-state index contributed by atoms with van der Waals surface area (Å²) in [6, 6.07) is 7.92. The van der Waals surface area contributed by atoms with E-state index in [1.165, 1.54) is 5.56 Å². The van der Waals surface area contributed by atoms with Gasteiger partial charge in [0.05, 0.1) is 0 Å². The first-order valence-electron chi connectivity index (χ1n) is 7.24. The maximum absolute atomic E-state index is 12.3. The zero-order chi connectivity index (χ0) is 14.4. The molecule has 1 aromatic rings. The van der Waals surface area contributed by atoms with Crippen molar-refractivity contribution in [2.24, 2.45) is 5.92 Å². The van der Waals surface area contributed by atoms with Crippen LogP contribution in [-0.4, -0.2) is 29.9 Å². The number of benzene rings is 1. The molecule has 0 aromatic heterocycles. The van der Waals surface area contributed by atoms with Crippen molar-refractivity contribution in [2.75, 3.05) is 12.9 Å². The summed E-state index contributed by atoms with van der Waals surface area (Å²) in [4.78, 5) is 12.3. The Labute approximate surface area is 125 Å². The topological polar surface area (TPSA) is 49.3 Å². The molecule has 0 radical (unpaired) electrons. The highest BCUT2D eigenvalue weighted by Crippen LogP contribution is 2.24. The van der Waals surface area contributed by atoms with Gasteiger partial charge in [-0.1, -0.05) is 25.0 Å². The second-order valence-corrected chi connectivity index (χ2v) is 6.31. The summed E-state index contributed by atoms with van der Waals surface area (Å²) >= 11 is 1.75. The Morgan fingerprint density at radius 3 is 2.95 bits per heavy atom. The Balaban J connectivity index is 2.01. The van der Waals surface area contributed by atoms with Crippen LogP contribution in [0.1, 0.15) is 41.6 Å². The SMILES string of the molecule is CSCc1cccc(C(=O)NC2CCCCC2CO)c1. The van der Waals surface area contributed by atoms with E-state index in [0.29, 0.717) is 0 Å². The molecule has 3 nitrogen and oxygen atoms in total. The highest BCUT2D eigenvalue weighted by molar-refractivity contribution is 7.97. The van der Waals surface area contributed by atoms with Gasteiger partial charge in [-0.3, -0.25) is 4.79 Å². The molecule has 1 fully saturated rings. The van der Waals surface area contributed by atoms with Crippen molar-refractivity contribution in [2.45, 2.75) is 37.5 Å². The first kappa shape index (κ1) is 15.4. The van der Waals surface area contributed by atoms with Crippen LogP contribution in [0.3, 0.4) is 0 Å². The van der Waals surface area contributed by atoms with E-state index in [0.717, 1.165) is 37.0 Å². The molecule has 1 aliphatic carbocycles. The van der Waals surface area contributed by atoms with Crippen LogP contribution in [0.15, 0.2) is 24.3 Å². The highest BCUT2D eigenvalue weighted by Gasteiger charge is 2.26. The lowest BCUT2D eigenvalue weighted by atomic mass is 9.85. The van der Waals surface area contributed by atoms with Crippen molar-refractivity contribution in [3.8, 4) is 0 Å². The van der Waals surface area contributed by atoms with Gasteiger partial charge in [-0.15, -0.1) is 0 Å². The average Bonchev–Trinajstić information content (AvgIpc) is 2.48. The molecule has 1 aromatic carbocycles. The number of nitrogens with one attached hydrogen (secondary N) is 1. The summed E-state index contributed by atoms with van der Waals surface area (Å²) < 4.78 is 0. The van der Waals surface area contributed by atoms with Crippen LogP contribution < -0.4 is 5.32 Å². The molecular formula is C16H23NO2S. The van der Waals surface area contributed by atoms with Gasteiger partial charge in [0, 0.05) is 29.9 Å². The van der Waals surface area contributed by atoms with E-state index in [9.17, 15) is 9.90 Å². The van der Waals surface area contributed by atoms with Crippen LogP contribution in [0.2, 0.25) is 0 Å². The average molecular weight is 293 g/mol. The Kier molecular flexibility index (Phi) is 5.92. The molecule has 2 rings (SSSR count). The van der Waals surface area contributed by atoms with Gasteiger partial charge in [-0.05, 0) is 36.8 Å². The lowest BCUT2D eigenvalue weighted by Gasteiger charge is -2.30. The predicted molar refractivity (Wildman–Crippen MR) is 84.0 cm³/mol. The molecular weight excluding hydrogens is 270 g/mol. The van der Waals surface area contributed by atoms with Gasteiger partial charge in [0.25, 0.3) is 5.91 Å². The lowest BCUT2D eigenvalue weighted by molar-refractivity contribution is 0.0872. The summed E-state index contributed by atoms with van der Waals surface area (Å²) in [6.07, 6.45) is 6.32. The quantitative estimate of drug-likeness (QED) is 0.877. The van der Waals surface area contributed by atoms with Crippen LogP contribution >= 0.6 is 11.8 Å². The molecule has 0 heterocycles. The molecule has 0 bridgehead atoms. The van der Waals surface area contributed by atoms with Crippen LogP contribution in [0.4, 0.5) is 0 Å². The summed E-state index contributed by atoms with van der Waals surface area (Å²) in [5.74, 6) is 1.12. The van der Waals surface area contributed by atoms with Crippen molar-refractivity contribution in [1.29, 1.82) is 0 Å². The molecule has 20 heavy (non-hydrogen) atoms. The lowest BCUT2D eigenvalue weighted by Crippen LogP contribution is -2.43. The van der Waals surface area contributed by atoms with Gasteiger partial charge in [-0.25, -0.2) is 0 Å². The zero-order valence-electron chi connectivity index (χ0n) is 12.0. The Morgan fingerprint density at radius 2 is 2.20 bits per heavy atom. The van der Waals surface area contributed by atoms with E-state index in [4.69, 9.17) is 0 Å². The van der Waals surface area contributed by atoms with Crippen molar-refractivity contribution in [1.82, 2.24) is 5.32 Å². The van der Waals surface area contributed by atoms with Gasteiger partial charge in [-0.2, -0.15) is 11.8 Å². The minimum absolute atomic E-state index is 0.0155. The predicted octanol–water partition coefficient (Wildman–Crippen LogP) is 2.83. The van der Waals surface area contributed by atoms with Gasteiger partial charge < -0.3 is 10.4 Å². The summed E-state index contributed by atoms with van der Waals surface area (Å²) in [6.45, 7) is 0.164. The van der Waals surface area contributed by atoms with E-state index < -0.39 is 0 Å². The fourth-order valence-corrected chi connectivity index (χ4v) is 3.35. The molecule has 1 saturated carbocycles. The molecule has 4 heteroatoms. The first-order chi connectivity index (χ1) is 9.74. The molecule has 0 spiro atoms. The maximum atomic E-state index is 12.3. The van der Waals surface area contributed by atoms with E-state index >= 15 is 0 Å². The fraction of sp³-hybridized carbons (Fsp3) is 0.562. The molecule has 1 aliphatic rings. The van der Waals surface area contributed by atoms with Crippen molar-refractivity contribution < 1.29 is 9.90 Å². The van der Waals surface area contributed by atoms with E-state index in [1.807, 2.05) is 24.3 Å². The molecule has 2 unspecified atom stereocenters. The minimum atomic E-state index is -0.0155. The molecule has 0 saturated heterocycles. The molecule has 2 N–H and O–H groups in total. The monoisotopic (exact) mass is 293 g/mol. The molecule has 1 amide bonds. The van der Waals surface area contributed by atoms with Gasteiger partial charge in [0.1, 0.15) is 0 Å².